The maximum absolute atomic E-state index is 9.94. The Bertz CT molecular complexity index is 192. The molecule has 2 nitrogen and oxygen atoms in total. The minimum atomic E-state index is -0.492. The fraction of sp³-hybridized carbons (Fsp3) is 1.00. The molecule has 0 spiro atoms. The van der Waals surface area contributed by atoms with Crippen LogP contribution in [0.1, 0.15) is 47.5 Å². The molecule has 15 heavy (non-hydrogen) atoms. The first-order valence-electron chi connectivity index (χ1n) is 6.13. The van der Waals surface area contributed by atoms with Gasteiger partial charge in [-0.1, -0.05) is 20.8 Å². The summed E-state index contributed by atoms with van der Waals surface area (Å²) in [5.74, 6) is 0.480. The summed E-state index contributed by atoms with van der Waals surface area (Å²) in [5.41, 5.74) is -0.102. The van der Waals surface area contributed by atoms with Crippen LogP contribution in [0.15, 0.2) is 0 Å². The largest absolute Gasteiger partial charge is 0.390 e. The van der Waals surface area contributed by atoms with E-state index < -0.39 is 5.60 Å². The van der Waals surface area contributed by atoms with Crippen molar-refractivity contribution in [1.82, 2.24) is 4.90 Å². The predicted octanol–water partition coefficient (Wildman–Crippen LogP) is 2.52. The fourth-order valence-corrected chi connectivity index (χ4v) is 2.47. The van der Waals surface area contributed by atoms with E-state index in [1.54, 1.807) is 0 Å². The van der Waals surface area contributed by atoms with Crippen LogP contribution in [0.2, 0.25) is 0 Å². The van der Waals surface area contributed by atoms with Gasteiger partial charge in [0.05, 0.1) is 5.60 Å². The molecule has 0 aliphatic carbocycles. The molecule has 90 valence electrons. The van der Waals surface area contributed by atoms with Crippen LogP contribution >= 0.6 is 0 Å². The van der Waals surface area contributed by atoms with Crippen molar-refractivity contribution < 1.29 is 5.11 Å². The Morgan fingerprint density at radius 1 is 1.07 bits per heavy atom. The van der Waals surface area contributed by atoms with Gasteiger partial charge in [0.2, 0.25) is 0 Å². The number of piperidine rings is 1. The van der Waals surface area contributed by atoms with Crippen LogP contribution in [0.5, 0.6) is 0 Å². The lowest BCUT2D eigenvalue weighted by atomic mass is 9.82. The zero-order chi connectivity index (χ0) is 11.7. The molecule has 2 heteroatoms. The van der Waals surface area contributed by atoms with Crippen molar-refractivity contribution >= 4 is 0 Å². The van der Waals surface area contributed by atoms with Gasteiger partial charge in [0.15, 0.2) is 0 Å². The van der Waals surface area contributed by atoms with Crippen LogP contribution in [0.3, 0.4) is 0 Å². The smallest absolute Gasteiger partial charge is 0.0620 e. The maximum atomic E-state index is 9.94. The lowest BCUT2D eigenvalue weighted by molar-refractivity contribution is -0.0161. The molecule has 0 unspecified atom stereocenters. The predicted molar refractivity (Wildman–Crippen MR) is 64.9 cm³/mol. The Morgan fingerprint density at radius 2 is 1.53 bits per heavy atom. The van der Waals surface area contributed by atoms with E-state index in [-0.39, 0.29) is 0 Å². The van der Waals surface area contributed by atoms with Crippen LogP contribution < -0.4 is 0 Å². The summed E-state index contributed by atoms with van der Waals surface area (Å²) in [6, 6.07) is 0. The molecule has 0 atom stereocenters. The van der Waals surface area contributed by atoms with E-state index in [1.807, 2.05) is 13.8 Å². The molecule has 0 saturated carbocycles. The summed E-state index contributed by atoms with van der Waals surface area (Å²) in [7, 11) is 0. The summed E-state index contributed by atoms with van der Waals surface area (Å²) in [4.78, 5) is 2.53. The number of hydrogen-bond acceptors (Lipinski definition) is 2. The number of aliphatic hydroxyl groups is 1. The number of nitrogens with zero attached hydrogens (tertiary/aromatic N) is 1. The SMILES string of the molecule is CC(C)(C)CN1CCC(C(C)(C)O)CC1. The van der Waals surface area contributed by atoms with Crippen molar-refractivity contribution in [2.75, 3.05) is 19.6 Å². The van der Waals surface area contributed by atoms with Crippen molar-refractivity contribution in [3.63, 3.8) is 0 Å². The third kappa shape index (κ3) is 4.52. The van der Waals surface area contributed by atoms with Crippen molar-refractivity contribution in [2.45, 2.75) is 53.1 Å². The van der Waals surface area contributed by atoms with Gasteiger partial charge in [-0.05, 0) is 51.1 Å². The van der Waals surface area contributed by atoms with Gasteiger partial charge >= 0.3 is 0 Å². The van der Waals surface area contributed by atoms with Gasteiger partial charge in [-0.25, -0.2) is 0 Å². The molecule has 1 N–H and O–H groups in total. The quantitative estimate of drug-likeness (QED) is 0.762. The molecule has 0 amide bonds. The van der Waals surface area contributed by atoms with Crippen molar-refractivity contribution in [3.05, 3.63) is 0 Å². The normalized spacial score (nSPS) is 22.0. The van der Waals surface area contributed by atoms with E-state index in [1.165, 1.54) is 6.54 Å². The first-order chi connectivity index (χ1) is 6.68. The van der Waals surface area contributed by atoms with Crippen LogP contribution in [0.25, 0.3) is 0 Å². The van der Waals surface area contributed by atoms with Crippen LogP contribution in [-0.2, 0) is 0 Å². The van der Waals surface area contributed by atoms with Gasteiger partial charge in [0.25, 0.3) is 0 Å². The van der Waals surface area contributed by atoms with Gasteiger partial charge in [0.1, 0.15) is 0 Å². The molecular weight excluding hydrogens is 186 g/mol. The summed E-state index contributed by atoms with van der Waals surface area (Å²) < 4.78 is 0. The highest BCUT2D eigenvalue weighted by atomic mass is 16.3. The van der Waals surface area contributed by atoms with Gasteiger partial charge in [-0.15, -0.1) is 0 Å². The summed E-state index contributed by atoms with van der Waals surface area (Å²) in [6.07, 6.45) is 2.28. The van der Waals surface area contributed by atoms with Gasteiger partial charge in [0, 0.05) is 6.54 Å². The third-order valence-electron chi connectivity index (χ3n) is 3.28. The molecule has 0 bridgehead atoms. The van der Waals surface area contributed by atoms with Crippen molar-refractivity contribution in [2.24, 2.45) is 11.3 Å². The molecule has 1 rings (SSSR count). The second-order valence-corrected chi connectivity index (χ2v) is 6.76. The first kappa shape index (κ1) is 13.0. The summed E-state index contributed by atoms with van der Waals surface area (Å²) in [6.45, 7) is 14.2. The Kier molecular flexibility index (Phi) is 3.83. The Hall–Kier alpha value is -0.0800. The van der Waals surface area contributed by atoms with E-state index in [9.17, 15) is 5.11 Å². The lowest BCUT2D eigenvalue weighted by Gasteiger charge is -2.39. The average molecular weight is 213 g/mol. The fourth-order valence-electron chi connectivity index (χ4n) is 2.47. The second kappa shape index (κ2) is 4.42. The topological polar surface area (TPSA) is 23.5 Å². The monoisotopic (exact) mass is 213 g/mol. The number of rotatable bonds is 2. The number of hydrogen-bond donors (Lipinski definition) is 1. The molecular formula is C13H27NO. The van der Waals surface area contributed by atoms with Crippen LogP contribution in [-0.4, -0.2) is 35.2 Å². The van der Waals surface area contributed by atoms with E-state index in [2.05, 4.69) is 25.7 Å². The molecule has 1 heterocycles. The third-order valence-corrected chi connectivity index (χ3v) is 3.28. The zero-order valence-corrected chi connectivity index (χ0v) is 11.0. The Labute approximate surface area is 94.7 Å². The maximum Gasteiger partial charge on any atom is 0.0620 e. The first-order valence-corrected chi connectivity index (χ1v) is 6.13. The van der Waals surface area contributed by atoms with E-state index in [0.717, 1.165) is 25.9 Å². The number of likely N-dealkylation sites (tertiary alicyclic amines) is 1. The second-order valence-electron chi connectivity index (χ2n) is 6.76. The summed E-state index contributed by atoms with van der Waals surface area (Å²) in [5, 5.41) is 9.94. The van der Waals surface area contributed by atoms with E-state index >= 15 is 0 Å². The standard InChI is InChI=1S/C13H27NO/c1-12(2,3)10-14-8-6-11(7-9-14)13(4,5)15/h11,15H,6-10H2,1-5H3. The molecule has 0 aromatic heterocycles. The minimum absolute atomic E-state index is 0.390. The van der Waals surface area contributed by atoms with Crippen LogP contribution in [0, 0.1) is 11.3 Å². The Morgan fingerprint density at radius 3 is 1.87 bits per heavy atom. The van der Waals surface area contributed by atoms with Crippen molar-refractivity contribution in [1.29, 1.82) is 0 Å². The molecule has 0 aromatic carbocycles. The van der Waals surface area contributed by atoms with Crippen molar-refractivity contribution in [3.8, 4) is 0 Å². The Balaban J connectivity index is 2.37. The lowest BCUT2D eigenvalue weighted by Crippen LogP contribution is -2.44. The molecule has 1 aliphatic heterocycles. The van der Waals surface area contributed by atoms with Gasteiger partial charge < -0.3 is 10.0 Å². The van der Waals surface area contributed by atoms with Gasteiger partial charge in [-0.3, -0.25) is 0 Å². The highest BCUT2D eigenvalue weighted by molar-refractivity contribution is 4.84. The molecule has 0 aromatic rings. The van der Waals surface area contributed by atoms with E-state index in [0.29, 0.717) is 11.3 Å². The highest BCUT2D eigenvalue weighted by Gasteiger charge is 2.31. The van der Waals surface area contributed by atoms with E-state index in [4.69, 9.17) is 0 Å². The molecule has 0 radical (unpaired) electrons. The average Bonchev–Trinajstić information content (AvgIpc) is 2.00. The summed E-state index contributed by atoms with van der Waals surface area (Å²) >= 11 is 0. The molecule has 1 aliphatic rings. The van der Waals surface area contributed by atoms with Gasteiger partial charge in [-0.2, -0.15) is 0 Å². The minimum Gasteiger partial charge on any atom is -0.390 e. The highest BCUT2D eigenvalue weighted by Crippen LogP contribution is 2.29. The zero-order valence-electron chi connectivity index (χ0n) is 11.0. The molecule has 1 fully saturated rings. The molecule has 1 saturated heterocycles. The van der Waals surface area contributed by atoms with Crippen LogP contribution in [0.4, 0.5) is 0 Å².